The van der Waals surface area contributed by atoms with Gasteiger partial charge in [-0.25, -0.2) is 0 Å². The third-order valence-corrected chi connectivity index (χ3v) is 2.11. The van der Waals surface area contributed by atoms with Crippen LogP contribution >= 0.6 is 0 Å². The van der Waals surface area contributed by atoms with E-state index in [1.54, 1.807) is 0 Å². The topological polar surface area (TPSA) is 7.12 Å². The minimum atomic E-state index is -6.00. The minimum absolute atomic E-state index is 1.20. The van der Waals surface area contributed by atoms with Gasteiger partial charge in [-0.3, -0.25) is 0 Å². The first kappa shape index (κ1) is 12.8. The molecule has 0 atom stereocenters. The summed E-state index contributed by atoms with van der Waals surface area (Å²) in [6.07, 6.45) is 6.88. The average Bonchev–Trinajstić information content (AvgIpc) is 2.69. The molecule has 2 rings (SSSR count). The highest BCUT2D eigenvalue weighted by Gasteiger charge is 2.20. The predicted octanol–water partition coefficient (Wildman–Crippen LogP) is 2.01. The van der Waals surface area contributed by atoms with Crippen molar-refractivity contribution in [2.45, 2.75) is 12.8 Å². The largest absolute Gasteiger partial charge is 0.673 e. The summed E-state index contributed by atoms with van der Waals surface area (Å²) in [6, 6.07) is 6.18. The molecule has 0 radical (unpaired) electrons. The molecule has 1 fully saturated rings. The van der Waals surface area contributed by atoms with Crippen LogP contribution in [0.3, 0.4) is 0 Å². The van der Waals surface area contributed by atoms with Crippen molar-refractivity contribution in [1.29, 1.82) is 0 Å². The van der Waals surface area contributed by atoms with Gasteiger partial charge in [0.25, 0.3) is 0 Å². The molecule has 0 unspecified atom stereocenters. The molecule has 1 saturated heterocycles. The van der Waals surface area contributed by atoms with Crippen LogP contribution in [0.2, 0.25) is 0 Å². The van der Waals surface area contributed by atoms with Gasteiger partial charge in [0.05, 0.1) is 13.1 Å². The Kier molecular flexibility index (Phi) is 4.58. The van der Waals surface area contributed by atoms with E-state index in [1.807, 2.05) is 6.07 Å². The molecule has 1 aliphatic rings. The fourth-order valence-corrected chi connectivity index (χ4v) is 1.51. The van der Waals surface area contributed by atoms with Crippen LogP contribution in [-0.4, -0.2) is 20.3 Å². The summed E-state index contributed by atoms with van der Waals surface area (Å²) >= 11 is 0. The van der Waals surface area contributed by atoms with Gasteiger partial charge >= 0.3 is 7.25 Å². The Morgan fingerprint density at radius 1 is 0.875 bits per heavy atom. The Hall–Kier alpha value is -1.27. The molecule has 16 heavy (non-hydrogen) atoms. The lowest BCUT2D eigenvalue weighted by Crippen LogP contribution is -2.55. The number of nitrogens with zero attached hydrogens (tertiary/aromatic N) is 2. The molecule has 1 aromatic heterocycles. The maximum atomic E-state index is 9.75. The number of aromatic nitrogens is 1. The van der Waals surface area contributed by atoms with E-state index in [0.717, 1.165) is 0 Å². The number of hydrogen-bond donors (Lipinski definition) is 0. The van der Waals surface area contributed by atoms with Crippen molar-refractivity contribution >= 4 is 7.25 Å². The van der Waals surface area contributed by atoms with Gasteiger partial charge in [-0.2, -0.15) is 5.01 Å². The van der Waals surface area contributed by atoms with Gasteiger partial charge in [-0.1, -0.05) is 10.7 Å². The van der Waals surface area contributed by atoms with Gasteiger partial charge in [0.2, 0.25) is 0 Å². The smallest absolute Gasteiger partial charge is 0.418 e. The van der Waals surface area contributed by atoms with Crippen LogP contribution in [0.4, 0.5) is 17.3 Å². The van der Waals surface area contributed by atoms with Gasteiger partial charge in [0.15, 0.2) is 12.4 Å². The van der Waals surface area contributed by atoms with E-state index in [4.69, 9.17) is 0 Å². The molecule has 0 aromatic carbocycles. The van der Waals surface area contributed by atoms with Crippen LogP contribution < -0.4 is 9.69 Å². The third-order valence-electron chi connectivity index (χ3n) is 2.11. The van der Waals surface area contributed by atoms with Crippen LogP contribution in [-0.2, 0) is 0 Å². The fraction of sp³-hybridized carbons (Fsp3) is 0.444. The van der Waals surface area contributed by atoms with Crippen molar-refractivity contribution in [3.63, 3.8) is 0 Å². The number of hydrogen-bond acceptors (Lipinski definition) is 1. The van der Waals surface area contributed by atoms with Crippen LogP contribution in [0, 0.1) is 0 Å². The summed E-state index contributed by atoms with van der Waals surface area (Å²) in [5.41, 5.74) is 0. The highest BCUT2D eigenvalue weighted by atomic mass is 19.5. The maximum absolute atomic E-state index is 9.75. The molecule has 0 aliphatic carbocycles. The molecule has 1 aliphatic heterocycles. The summed E-state index contributed by atoms with van der Waals surface area (Å²) in [4.78, 5) is 0. The summed E-state index contributed by atoms with van der Waals surface area (Å²) in [7, 11) is -6.00. The molecule has 1 aromatic rings. The van der Waals surface area contributed by atoms with E-state index in [1.165, 1.54) is 25.9 Å². The average molecular weight is 236 g/mol. The Morgan fingerprint density at radius 3 is 1.75 bits per heavy atom. The van der Waals surface area contributed by atoms with Gasteiger partial charge < -0.3 is 17.3 Å². The first-order valence-corrected chi connectivity index (χ1v) is 5.06. The zero-order chi connectivity index (χ0) is 12.0. The Morgan fingerprint density at radius 2 is 1.31 bits per heavy atom. The third kappa shape index (κ3) is 5.58. The minimum Gasteiger partial charge on any atom is -0.418 e. The molecule has 7 heteroatoms. The fourth-order valence-electron chi connectivity index (χ4n) is 1.51. The number of pyridine rings is 1. The molecular formula is C9H13BF4N2. The van der Waals surface area contributed by atoms with E-state index >= 15 is 0 Å². The molecule has 2 heterocycles. The second-order valence-corrected chi connectivity index (χ2v) is 3.41. The van der Waals surface area contributed by atoms with Crippen molar-refractivity contribution < 1.29 is 21.9 Å². The second kappa shape index (κ2) is 5.72. The highest BCUT2D eigenvalue weighted by Crippen LogP contribution is 2.06. The molecule has 90 valence electrons. The molecule has 2 nitrogen and oxygen atoms in total. The lowest BCUT2D eigenvalue weighted by Gasteiger charge is -2.08. The number of rotatable bonds is 1. The SMILES string of the molecule is F[B-](F)(F)F.c1cc[n+](N2CCCC2)cc1. The zero-order valence-electron chi connectivity index (χ0n) is 8.70. The summed E-state index contributed by atoms with van der Waals surface area (Å²) < 4.78 is 41.2. The molecular weight excluding hydrogens is 223 g/mol. The van der Waals surface area contributed by atoms with Gasteiger partial charge in [0.1, 0.15) is 0 Å². The monoisotopic (exact) mass is 236 g/mol. The first-order chi connectivity index (χ1) is 7.47. The predicted molar refractivity (Wildman–Crippen MR) is 54.0 cm³/mol. The molecule has 0 N–H and O–H groups in total. The van der Waals surface area contributed by atoms with Crippen molar-refractivity contribution in [2.75, 3.05) is 18.1 Å². The quantitative estimate of drug-likeness (QED) is 0.411. The van der Waals surface area contributed by atoms with Crippen molar-refractivity contribution in [3.8, 4) is 0 Å². The standard InChI is InChI=1S/C9H13N2.BF4/c1-2-6-10(7-3-1)11-8-4-5-9-11;2-1(3,4)5/h1-3,6-7H,4-5,8-9H2;/q+1;-1. The highest BCUT2D eigenvalue weighted by molar-refractivity contribution is 6.50. The normalized spacial score (nSPS) is 15.6. The van der Waals surface area contributed by atoms with E-state index in [2.05, 4.69) is 34.2 Å². The van der Waals surface area contributed by atoms with Gasteiger partial charge in [-0.15, -0.1) is 0 Å². The Bertz CT molecular complexity index is 292. The summed E-state index contributed by atoms with van der Waals surface area (Å²) in [5, 5.41) is 2.36. The first-order valence-electron chi connectivity index (χ1n) is 5.06. The second-order valence-electron chi connectivity index (χ2n) is 3.41. The zero-order valence-corrected chi connectivity index (χ0v) is 8.70. The van der Waals surface area contributed by atoms with E-state index in [-0.39, 0.29) is 0 Å². The van der Waals surface area contributed by atoms with E-state index < -0.39 is 7.25 Å². The number of halogens is 4. The van der Waals surface area contributed by atoms with Gasteiger partial charge in [-0.05, 0) is 12.8 Å². The van der Waals surface area contributed by atoms with Crippen LogP contribution in [0.15, 0.2) is 30.6 Å². The molecule has 0 spiro atoms. The van der Waals surface area contributed by atoms with E-state index in [0.29, 0.717) is 0 Å². The molecule has 0 amide bonds. The molecule has 0 saturated carbocycles. The van der Waals surface area contributed by atoms with Crippen LogP contribution in [0.1, 0.15) is 12.8 Å². The van der Waals surface area contributed by atoms with E-state index in [9.17, 15) is 17.3 Å². The van der Waals surface area contributed by atoms with Crippen LogP contribution in [0.25, 0.3) is 0 Å². The van der Waals surface area contributed by atoms with Crippen molar-refractivity contribution in [1.82, 2.24) is 0 Å². The van der Waals surface area contributed by atoms with Crippen LogP contribution in [0.5, 0.6) is 0 Å². The summed E-state index contributed by atoms with van der Waals surface area (Å²) in [6.45, 7) is 2.41. The van der Waals surface area contributed by atoms with Crippen molar-refractivity contribution in [2.24, 2.45) is 0 Å². The lowest BCUT2D eigenvalue weighted by atomic mass is 10.3. The Labute approximate surface area is 91.6 Å². The van der Waals surface area contributed by atoms with Gasteiger partial charge in [0, 0.05) is 12.1 Å². The molecule has 0 bridgehead atoms. The lowest BCUT2D eigenvalue weighted by molar-refractivity contribution is -0.691. The van der Waals surface area contributed by atoms with Crippen molar-refractivity contribution in [3.05, 3.63) is 30.6 Å². The maximum Gasteiger partial charge on any atom is 0.673 e. The summed E-state index contributed by atoms with van der Waals surface area (Å²) in [5.74, 6) is 0. The Balaban J connectivity index is 0.000000221.